The standard InChI is InChI=1S/C18H17ClN2O5/c1-12(17(22)20(2)11-13-6-4-3-5-7-13)26-18(23)15-10-14(21(24)25)8-9-16(15)19/h3-10,12H,11H2,1-2H3. The molecular formula is C18H17ClN2O5. The van der Waals surface area contributed by atoms with E-state index in [2.05, 4.69) is 0 Å². The molecule has 26 heavy (non-hydrogen) atoms. The van der Waals surface area contributed by atoms with Crippen LogP contribution in [-0.4, -0.2) is 34.9 Å². The van der Waals surface area contributed by atoms with Crippen molar-refractivity contribution < 1.29 is 19.2 Å². The molecule has 8 heteroatoms. The van der Waals surface area contributed by atoms with Gasteiger partial charge in [0.1, 0.15) is 0 Å². The fraction of sp³-hybridized carbons (Fsp3) is 0.222. The van der Waals surface area contributed by atoms with Gasteiger partial charge in [0.15, 0.2) is 6.10 Å². The summed E-state index contributed by atoms with van der Waals surface area (Å²) in [6, 6.07) is 12.8. The third-order valence-corrected chi connectivity index (χ3v) is 3.98. The number of hydrogen-bond donors (Lipinski definition) is 0. The van der Waals surface area contributed by atoms with Crippen LogP contribution in [-0.2, 0) is 16.1 Å². The number of nitro groups is 1. The number of carbonyl (C=O) groups excluding carboxylic acids is 2. The van der Waals surface area contributed by atoms with E-state index in [0.717, 1.165) is 11.6 Å². The van der Waals surface area contributed by atoms with Gasteiger partial charge in [-0.25, -0.2) is 4.79 Å². The minimum atomic E-state index is -1.06. The lowest BCUT2D eigenvalue weighted by Crippen LogP contribution is -2.37. The lowest BCUT2D eigenvalue weighted by atomic mass is 10.2. The largest absolute Gasteiger partial charge is 0.449 e. The summed E-state index contributed by atoms with van der Waals surface area (Å²) in [6.07, 6.45) is -1.06. The van der Waals surface area contributed by atoms with Gasteiger partial charge < -0.3 is 9.64 Å². The number of halogens is 1. The Bertz CT molecular complexity index is 826. The molecule has 0 aromatic heterocycles. The van der Waals surface area contributed by atoms with Crippen molar-refractivity contribution in [2.75, 3.05) is 7.05 Å². The number of esters is 1. The summed E-state index contributed by atoms with van der Waals surface area (Å²) in [5, 5.41) is 10.8. The van der Waals surface area contributed by atoms with E-state index in [0.29, 0.717) is 6.54 Å². The SMILES string of the molecule is CC(OC(=O)c1cc([N+](=O)[O-])ccc1Cl)C(=O)N(C)Cc1ccccc1. The summed E-state index contributed by atoms with van der Waals surface area (Å²) in [5.74, 6) is -1.29. The van der Waals surface area contributed by atoms with Gasteiger partial charge in [-0.15, -0.1) is 0 Å². The number of non-ortho nitro benzene ring substituents is 1. The molecule has 7 nitrogen and oxygen atoms in total. The number of nitrogens with zero attached hydrogens (tertiary/aromatic N) is 2. The van der Waals surface area contributed by atoms with Gasteiger partial charge in [-0.1, -0.05) is 41.9 Å². The second-order valence-electron chi connectivity index (χ2n) is 5.65. The van der Waals surface area contributed by atoms with E-state index >= 15 is 0 Å². The molecule has 136 valence electrons. The van der Waals surface area contributed by atoms with Crippen LogP contribution in [0.1, 0.15) is 22.8 Å². The number of rotatable bonds is 6. The van der Waals surface area contributed by atoms with Crippen LogP contribution in [0, 0.1) is 10.1 Å². The molecule has 0 spiro atoms. The van der Waals surface area contributed by atoms with E-state index in [1.807, 2.05) is 30.3 Å². The predicted octanol–water partition coefficient (Wildman–Crippen LogP) is 3.45. The number of hydrogen-bond acceptors (Lipinski definition) is 5. The molecule has 0 N–H and O–H groups in total. The quantitative estimate of drug-likeness (QED) is 0.437. The van der Waals surface area contributed by atoms with Gasteiger partial charge in [0, 0.05) is 25.7 Å². The van der Waals surface area contributed by atoms with Crippen molar-refractivity contribution in [3.8, 4) is 0 Å². The van der Waals surface area contributed by atoms with Crippen LogP contribution in [0.3, 0.4) is 0 Å². The first-order chi connectivity index (χ1) is 12.3. The third kappa shape index (κ3) is 4.80. The molecule has 1 atom stereocenters. The molecule has 0 aliphatic rings. The third-order valence-electron chi connectivity index (χ3n) is 3.65. The Hall–Kier alpha value is -2.93. The van der Waals surface area contributed by atoms with Gasteiger partial charge in [-0.2, -0.15) is 0 Å². The Balaban J connectivity index is 2.05. The summed E-state index contributed by atoms with van der Waals surface area (Å²) in [4.78, 5) is 36.2. The maximum absolute atomic E-state index is 12.4. The molecule has 2 rings (SSSR count). The zero-order valence-corrected chi connectivity index (χ0v) is 15.0. The predicted molar refractivity (Wildman–Crippen MR) is 95.9 cm³/mol. The monoisotopic (exact) mass is 376 g/mol. The number of benzene rings is 2. The lowest BCUT2D eigenvalue weighted by Gasteiger charge is -2.21. The molecule has 0 heterocycles. The first kappa shape index (κ1) is 19.4. The number of carbonyl (C=O) groups is 2. The lowest BCUT2D eigenvalue weighted by molar-refractivity contribution is -0.384. The van der Waals surface area contributed by atoms with Gasteiger partial charge in [-0.05, 0) is 18.6 Å². The second kappa shape index (κ2) is 8.44. The highest BCUT2D eigenvalue weighted by Crippen LogP contribution is 2.23. The molecule has 0 radical (unpaired) electrons. The fourth-order valence-electron chi connectivity index (χ4n) is 2.30. The number of amides is 1. The summed E-state index contributed by atoms with van der Waals surface area (Å²) in [6.45, 7) is 1.80. The topological polar surface area (TPSA) is 89.7 Å². The van der Waals surface area contributed by atoms with Crippen molar-refractivity contribution in [3.63, 3.8) is 0 Å². The van der Waals surface area contributed by atoms with Crippen molar-refractivity contribution in [1.29, 1.82) is 0 Å². The molecular weight excluding hydrogens is 360 g/mol. The van der Waals surface area contributed by atoms with Crippen LogP contribution in [0.5, 0.6) is 0 Å². The van der Waals surface area contributed by atoms with Crippen molar-refractivity contribution in [1.82, 2.24) is 4.90 Å². The average Bonchev–Trinajstić information content (AvgIpc) is 2.61. The van der Waals surface area contributed by atoms with Gasteiger partial charge in [-0.3, -0.25) is 14.9 Å². The highest BCUT2D eigenvalue weighted by atomic mass is 35.5. The first-order valence-electron chi connectivity index (χ1n) is 7.73. The molecule has 1 amide bonds. The Morgan fingerprint density at radius 3 is 2.50 bits per heavy atom. The Labute approximate surface area is 155 Å². The maximum atomic E-state index is 12.4. The molecule has 0 saturated heterocycles. The summed E-state index contributed by atoms with van der Waals surface area (Å²) in [5.41, 5.74) is 0.483. The summed E-state index contributed by atoms with van der Waals surface area (Å²) in [7, 11) is 1.60. The molecule has 0 bridgehead atoms. The smallest absolute Gasteiger partial charge is 0.340 e. The Kier molecular flexibility index (Phi) is 6.30. The van der Waals surface area contributed by atoms with E-state index in [-0.39, 0.29) is 16.3 Å². The van der Waals surface area contributed by atoms with Crippen LogP contribution in [0.15, 0.2) is 48.5 Å². The molecule has 2 aromatic rings. The Morgan fingerprint density at radius 2 is 1.88 bits per heavy atom. The number of nitro benzene ring substituents is 1. The second-order valence-corrected chi connectivity index (χ2v) is 6.06. The van der Waals surface area contributed by atoms with Crippen molar-refractivity contribution in [2.24, 2.45) is 0 Å². The van der Waals surface area contributed by atoms with E-state index in [9.17, 15) is 19.7 Å². The van der Waals surface area contributed by atoms with Crippen LogP contribution in [0.2, 0.25) is 5.02 Å². The maximum Gasteiger partial charge on any atom is 0.340 e. The molecule has 2 aromatic carbocycles. The fourth-order valence-corrected chi connectivity index (χ4v) is 2.50. The highest BCUT2D eigenvalue weighted by molar-refractivity contribution is 6.33. The molecule has 0 aliphatic carbocycles. The average molecular weight is 377 g/mol. The first-order valence-corrected chi connectivity index (χ1v) is 8.11. The normalized spacial score (nSPS) is 11.5. The molecule has 0 saturated carbocycles. The number of ether oxygens (including phenoxy) is 1. The van der Waals surface area contributed by atoms with Crippen LogP contribution in [0.4, 0.5) is 5.69 Å². The summed E-state index contributed by atoms with van der Waals surface area (Å²) < 4.78 is 5.14. The van der Waals surface area contributed by atoms with Gasteiger partial charge in [0.25, 0.3) is 11.6 Å². The van der Waals surface area contributed by atoms with Gasteiger partial charge >= 0.3 is 5.97 Å². The van der Waals surface area contributed by atoms with E-state index in [1.165, 1.54) is 24.0 Å². The van der Waals surface area contributed by atoms with Crippen LogP contribution >= 0.6 is 11.6 Å². The highest BCUT2D eigenvalue weighted by Gasteiger charge is 2.24. The molecule has 1 unspecified atom stereocenters. The zero-order valence-electron chi connectivity index (χ0n) is 14.2. The number of likely N-dealkylation sites (N-methyl/N-ethyl adjacent to an activating group) is 1. The minimum Gasteiger partial charge on any atom is -0.449 e. The van der Waals surface area contributed by atoms with Crippen molar-refractivity contribution in [3.05, 3.63) is 74.8 Å². The van der Waals surface area contributed by atoms with E-state index in [4.69, 9.17) is 16.3 Å². The van der Waals surface area contributed by atoms with Crippen molar-refractivity contribution >= 4 is 29.2 Å². The van der Waals surface area contributed by atoms with Crippen LogP contribution < -0.4 is 0 Å². The van der Waals surface area contributed by atoms with Gasteiger partial charge in [0.2, 0.25) is 0 Å². The zero-order chi connectivity index (χ0) is 19.3. The van der Waals surface area contributed by atoms with E-state index < -0.39 is 22.9 Å². The summed E-state index contributed by atoms with van der Waals surface area (Å²) >= 11 is 5.91. The molecule has 0 aliphatic heterocycles. The Morgan fingerprint density at radius 1 is 1.23 bits per heavy atom. The van der Waals surface area contributed by atoms with E-state index in [1.54, 1.807) is 7.05 Å². The van der Waals surface area contributed by atoms with Crippen molar-refractivity contribution in [2.45, 2.75) is 19.6 Å². The minimum absolute atomic E-state index is 0.0119. The van der Waals surface area contributed by atoms with Crippen LogP contribution in [0.25, 0.3) is 0 Å². The van der Waals surface area contributed by atoms with Gasteiger partial charge in [0.05, 0.1) is 15.5 Å². The molecule has 0 fully saturated rings.